The maximum absolute atomic E-state index is 12.6. The summed E-state index contributed by atoms with van der Waals surface area (Å²) in [5.41, 5.74) is -0.737. The Bertz CT molecular complexity index is 591. The third-order valence-corrected chi connectivity index (χ3v) is 4.01. The number of esters is 1. The molecule has 0 radical (unpaired) electrons. The van der Waals surface area contributed by atoms with Gasteiger partial charge in [-0.1, -0.05) is 13.3 Å². The van der Waals surface area contributed by atoms with E-state index in [0.717, 1.165) is 19.3 Å². The highest BCUT2D eigenvalue weighted by molar-refractivity contribution is 5.98. The van der Waals surface area contributed by atoms with Gasteiger partial charge in [-0.15, -0.1) is 0 Å². The average molecular weight is 320 g/mol. The number of benzene rings is 1. The minimum atomic E-state index is -1.13. The highest BCUT2D eigenvalue weighted by Crippen LogP contribution is 2.33. The number of nitro benzene ring substituents is 1. The Morgan fingerprint density at radius 1 is 1.22 bits per heavy atom. The van der Waals surface area contributed by atoms with Crippen LogP contribution in [-0.2, 0) is 14.3 Å². The van der Waals surface area contributed by atoms with Gasteiger partial charge in [0.25, 0.3) is 11.6 Å². The Kier molecular flexibility index (Phi) is 5.31. The molecule has 2 rings (SSSR count). The Labute approximate surface area is 134 Å². The maximum Gasteiger partial charge on any atom is 0.306 e. The maximum atomic E-state index is 12.6. The number of amides is 1. The van der Waals surface area contributed by atoms with Crippen molar-refractivity contribution < 1.29 is 19.2 Å². The van der Waals surface area contributed by atoms with E-state index in [1.807, 2.05) is 0 Å². The molecule has 0 spiro atoms. The third kappa shape index (κ3) is 4.06. The highest BCUT2D eigenvalue weighted by Gasteiger charge is 2.43. The van der Waals surface area contributed by atoms with Crippen molar-refractivity contribution in [2.45, 2.75) is 51.0 Å². The molecule has 0 aromatic heterocycles. The highest BCUT2D eigenvalue weighted by atomic mass is 16.6. The molecular formula is C16H20N2O5. The zero-order chi connectivity index (χ0) is 16.9. The molecule has 1 aromatic carbocycles. The van der Waals surface area contributed by atoms with Gasteiger partial charge >= 0.3 is 5.97 Å². The fourth-order valence-corrected chi connectivity index (χ4v) is 2.70. The topological polar surface area (TPSA) is 98.5 Å². The molecule has 0 aliphatic heterocycles. The first-order valence-corrected chi connectivity index (χ1v) is 7.74. The quantitative estimate of drug-likeness (QED) is 0.510. The first-order chi connectivity index (χ1) is 11.0. The largest absolute Gasteiger partial charge is 0.449 e. The summed E-state index contributed by atoms with van der Waals surface area (Å²) < 4.78 is 5.46. The first-order valence-electron chi connectivity index (χ1n) is 7.74. The van der Waals surface area contributed by atoms with Gasteiger partial charge in [0, 0.05) is 24.2 Å². The van der Waals surface area contributed by atoms with Crippen LogP contribution < -0.4 is 5.32 Å². The van der Waals surface area contributed by atoms with Crippen LogP contribution in [0.2, 0.25) is 0 Å². The number of rotatable bonds is 5. The number of hydrogen-bond donors (Lipinski definition) is 1. The summed E-state index contributed by atoms with van der Waals surface area (Å²) in [5, 5.41) is 13.4. The molecule has 1 aliphatic carbocycles. The van der Waals surface area contributed by atoms with Crippen molar-refractivity contribution >= 4 is 23.3 Å². The van der Waals surface area contributed by atoms with E-state index in [0.29, 0.717) is 18.5 Å². The standard InChI is InChI=1S/C16H20N2O5/c1-2-14(19)23-16(10-4-3-5-11-16)15(20)17-12-6-8-13(9-7-12)18(21)22/h6-9H,2-5,10-11H2,1H3,(H,17,20). The van der Waals surface area contributed by atoms with Gasteiger partial charge in [-0.2, -0.15) is 0 Å². The second-order valence-corrected chi connectivity index (χ2v) is 5.64. The lowest BCUT2D eigenvalue weighted by atomic mass is 9.83. The molecule has 1 N–H and O–H groups in total. The third-order valence-electron chi connectivity index (χ3n) is 4.01. The Morgan fingerprint density at radius 3 is 2.35 bits per heavy atom. The first kappa shape index (κ1) is 16.9. The van der Waals surface area contributed by atoms with Gasteiger partial charge in [-0.25, -0.2) is 0 Å². The van der Waals surface area contributed by atoms with Gasteiger partial charge < -0.3 is 10.1 Å². The van der Waals surface area contributed by atoms with Crippen LogP contribution in [0.3, 0.4) is 0 Å². The van der Waals surface area contributed by atoms with Crippen LogP contribution in [-0.4, -0.2) is 22.4 Å². The number of nitro groups is 1. The molecular weight excluding hydrogens is 300 g/mol. The van der Waals surface area contributed by atoms with Gasteiger partial charge in [-0.3, -0.25) is 19.7 Å². The van der Waals surface area contributed by atoms with E-state index in [9.17, 15) is 19.7 Å². The normalized spacial score (nSPS) is 16.4. The number of hydrogen-bond acceptors (Lipinski definition) is 5. The Balaban J connectivity index is 2.13. The van der Waals surface area contributed by atoms with Crippen molar-refractivity contribution in [1.82, 2.24) is 0 Å². The van der Waals surface area contributed by atoms with Crippen molar-refractivity contribution in [1.29, 1.82) is 0 Å². The minimum Gasteiger partial charge on any atom is -0.449 e. The fraction of sp³-hybridized carbons (Fsp3) is 0.500. The second-order valence-electron chi connectivity index (χ2n) is 5.64. The van der Waals surface area contributed by atoms with E-state index in [1.54, 1.807) is 6.92 Å². The average Bonchev–Trinajstić information content (AvgIpc) is 2.56. The summed E-state index contributed by atoms with van der Waals surface area (Å²) in [6.07, 6.45) is 3.87. The van der Waals surface area contributed by atoms with Gasteiger partial charge in [-0.05, 0) is 37.8 Å². The fourth-order valence-electron chi connectivity index (χ4n) is 2.70. The second kappa shape index (κ2) is 7.21. The monoisotopic (exact) mass is 320 g/mol. The minimum absolute atomic E-state index is 0.0483. The van der Waals surface area contributed by atoms with E-state index in [1.165, 1.54) is 24.3 Å². The predicted molar refractivity (Wildman–Crippen MR) is 83.9 cm³/mol. The van der Waals surface area contributed by atoms with Gasteiger partial charge in [0.1, 0.15) is 0 Å². The van der Waals surface area contributed by atoms with Crippen LogP contribution in [0.25, 0.3) is 0 Å². The van der Waals surface area contributed by atoms with Crippen LogP contribution in [0.4, 0.5) is 11.4 Å². The summed E-state index contributed by atoms with van der Waals surface area (Å²) in [6, 6.07) is 5.57. The molecule has 0 saturated heterocycles. The van der Waals surface area contributed by atoms with Gasteiger partial charge in [0.05, 0.1) is 4.92 Å². The molecule has 0 atom stereocenters. The van der Waals surface area contributed by atoms with Crippen molar-refractivity contribution in [2.75, 3.05) is 5.32 Å². The molecule has 7 heteroatoms. The number of nitrogens with zero attached hydrogens (tertiary/aromatic N) is 1. The number of anilines is 1. The molecule has 1 aliphatic rings. The van der Waals surface area contributed by atoms with Crippen LogP contribution in [0, 0.1) is 10.1 Å². The van der Waals surface area contributed by atoms with Crippen LogP contribution in [0.15, 0.2) is 24.3 Å². The van der Waals surface area contributed by atoms with Gasteiger partial charge in [0.2, 0.25) is 0 Å². The number of carbonyl (C=O) groups excluding carboxylic acids is 2. The SMILES string of the molecule is CCC(=O)OC1(C(=O)Nc2ccc([N+](=O)[O-])cc2)CCCCC1. The summed E-state index contributed by atoms with van der Waals surface area (Å²) >= 11 is 0. The molecule has 0 unspecified atom stereocenters. The molecule has 7 nitrogen and oxygen atoms in total. The van der Waals surface area contributed by atoms with Crippen LogP contribution in [0.1, 0.15) is 45.4 Å². The van der Waals surface area contributed by atoms with Gasteiger partial charge in [0.15, 0.2) is 5.60 Å². The van der Waals surface area contributed by atoms with E-state index in [4.69, 9.17) is 4.74 Å². The molecule has 1 amide bonds. The molecule has 23 heavy (non-hydrogen) atoms. The lowest BCUT2D eigenvalue weighted by Crippen LogP contribution is -2.48. The van der Waals surface area contributed by atoms with Crippen molar-refractivity contribution in [3.05, 3.63) is 34.4 Å². The summed E-state index contributed by atoms with van der Waals surface area (Å²) in [7, 11) is 0. The van der Waals surface area contributed by atoms with Crippen molar-refractivity contribution in [3.63, 3.8) is 0 Å². The lowest BCUT2D eigenvalue weighted by molar-refractivity contribution is -0.384. The van der Waals surface area contributed by atoms with Crippen LogP contribution >= 0.6 is 0 Å². The van der Waals surface area contributed by atoms with E-state index < -0.39 is 16.5 Å². The Hall–Kier alpha value is -2.44. The van der Waals surface area contributed by atoms with Crippen LogP contribution in [0.5, 0.6) is 0 Å². The van der Waals surface area contributed by atoms with Crippen molar-refractivity contribution in [3.8, 4) is 0 Å². The molecule has 0 heterocycles. The molecule has 1 saturated carbocycles. The number of carbonyl (C=O) groups is 2. The molecule has 1 aromatic rings. The lowest BCUT2D eigenvalue weighted by Gasteiger charge is -2.35. The number of nitrogens with one attached hydrogen (secondary N) is 1. The molecule has 124 valence electrons. The summed E-state index contributed by atoms with van der Waals surface area (Å²) in [4.78, 5) is 34.5. The number of ether oxygens (including phenoxy) is 1. The number of non-ortho nitro benzene ring substituents is 1. The molecule has 0 bridgehead atoms. The molecule has 1 fully saturated rings. The predicted octanol–water partition coefficient (Wildman–Crippen LogP) is 3.19. The van der Waals surface area contributed by atoms with E-state index in [-0.39, 0.29) is 18.0 Å². The zero-order valence-electron chi connectivity index (χ0n) is 13.0. The Morgan fingerprint density at radius 2 is 1.83 bits per heavy atom. The van der Waals surface area contributed by atoms with E-state index in [2.05, 4.69) is 5.32 Å². The van der Waals surface area contributed by atoms with E-state index >= 15 is 0 Å². The smallest absolute Gasteiger partial charge is 0.306 e. The zero-order valence-corrected chi connectivity index (χ0v) is 13.0. The summed E-state index contributed by atoms with van der Waals surface area (Å²) in [5.74, 6) is -0.765. The van der Waals surface area contributed by atoms with Crippen molar-refractivity contribution in [2.24, 2.45) is 0 Å². The summed E-state index contributed by atoms with van der Waals surface area (Å²) in [6.45, 7) is 1.69.